The van der Waals surface area contributed by atoms with Crippen molar-refractivity contribution in [2.75, 3.05) is 5.32 Å². The van der Waals surface area contributed by atoms with Gasteiger partial charge in [-0.05, 0) is 61.7 Å². The average molecular weight is 373 g/mol. The normalized spacial score (nSPS) is 13.1. The minimum absolute atomic E-state index is 0.0101. The average Bonchev–Trinajstić information content (AvgIpc) is 2.49. The Balaban J connectivity index is 2.43. The first-order valence-electron chi connectivity index (χ1n) is 9.83. The SMILES string of the molecule is CC(C)[Si](Oc1ccc2ccc(NC(C)(C)C)nc2c1)(C(C)C)C(C)C. The Labute approximate surface area is 160 Å². The molecule has 0 saturated carbocycles. The molecule has 1 aromatic heterocycles. The lowest BCUT2D eigenvalue weighted by Gasteiger charge is -2.42. The lowest BCUT2D eigenvalue weighted by molar-refractivity contribution is 0.480. The Kier molecular flexibility index (Phi) is 6.06. The third-order valence-corrected chi connectivity index (χ3v) is 11.2. The van der Waals surface area contributed by atoms with Crippen LogP contribution in [0.4, 0.5) is 5.82 Å². The van der Waals surface area contributed by atoms with Gasteiger partial charge in [0, 0.05) is 17.0 Å². The summed E-state index contributed by atoms with van der Waals surface area (Å²) in [7, 11) is -1.95. The van der Waals surface area contributed by atoms with Crippen LogP contribution in [0, 0.1) is 0 Å². The molecule has 0 aliphatic carbocycles. The molecule has 0 bridgehead atoms. The molecule has 0 radical (unpaired) electrons. The number of rotatable bonds is 6. The van der Waals surface area contributed by atoms with E-state index in [4.69, 9.17) is 9.41 Å². The van der Waals surface area contributed by atoms with E-state index in [0.29, 0.717) is 16.6 Å². The number of hydrogen-bond acceptors (Lipinski definition) is 3. The molecular weight excluding hydrogens is 336 g/mol. The minimum atomic E-state index is -1.95. The number of benzene rings is 1. The highest BCUT2D eigenvalue weighted by molar-refractivity contribution is 6.78. The molecule has 144 valence electrons. The van der Waals surface area contributed by atoms with Crippen molar-refractivity contribution in [2.24, 2.45) is 0 Å². The lowest BCUT2D eigenvalue weighted by atomic mass is 10.1. The van der Waals surface area contributed by atoms with E-state index in [0.717, 1.165) is 22.5 Å². The summed E-state index contributed by atoms with van der Waals surface area (Å²) in [5.41, 5.74) is 2.64. The zero-order valence-electron chi connectivity index (χ0n) is 18.0. The van der Waals surface area contributed by atoms with Gasteiger partial charge in [0.2, 0.25) is 0 Å². The second-order valence-electron chi connectivity index (χ2n) is 9.35. The zero-order valence-corrected chi connectivity index (χ0v) is 19.0. The molecule has 0 atom stereocenters. The molecule has 1 heterocycles. The molecule has 0 saturated heterocycles. The van der Waals surface area contributed by atoms with E-state index in [2.05, 4.69) is 91.9 Å². The predicted molar refractivity (Wildman–Crippen MR) is 117 cm³/mol. The predicted octanol–water partition coefficient (Wildman–Crippen LogP) is 7.00. The molecule has 2 rings (SSSR count). The second-order valence-corrected chi connectivity index (χ2v) is 14.7. The van der Waals surface area contributed by atoms with Crippen LogP contribution in [0.25, 0.3) is 10.9 Å². The van der Waals surface area contributed by atoms with Crippen LogP contribution in [0.3, 0.4) is 0 Å². The lowest BCUT2D eigenvalue weighted by Crippen LogP contribution is -2.50. The van der Waals surface area contributed by atoms with Crippen molar-refractivity contribution >= 4 is 25.0 Å². The maximum absolute atomic E-state index is 6.81. The van der Waals surface area contributed by atoms with E-state index in [1.807, 2.05) is 6.07 Å². The Hall–Kier alpha value is -1.55. The first-order valence-corrected chi connectivity index (χ1v) is 12.0. The molecule has 0 unspecified atom stereocenters. The van der Waals surface area contributed by atoms with Crippen molar-refractivity contribution in [1.29, 1.82) is 0 Å². The number of nitrogens with zero attached hydrogens (tertiary/aromatic N) is 1. The molecule has 0 fully saturated rings. The van der Waals surface area contributed by atoms with Crippen LogP contribution < -0.4 is 9.74 Å². The van der Waals surface area contributed by atoms with E-state index in [1.165, 1.54) is 0 Å². The molecule has 0 spiro atoms. The van der Waals surface area contributed by atoms with Crippen molar-refractivity contribution in [3.8, 4) is 5.75 Å². The smallest absolute Gasteiger partial charge is 0.258 e. The fraction of sp³-hybridized carbons (Fsp3) is 0.591. The maximum atomic E-state index is 6.81. The molecule has 26 heavy (non-hydrogen) atoms. The van der Waals surface area contributed by atoms with Crippen LogP contribution in [-0.2, 0) is 0 Å². The molecule has 3 nitrogen and oxygen atoms in total. The molecule has 0 aliphatic heterocycles. The summed E-state index contributed by atoms with van der Waals surface area (Å²) in [6.45, 7) is 20.3. The first-order chi connectivity index (χ1) is 12.0. The number of anilines is 1. The Morgan fingerprint density at radius 2 is 1.42 bits per heavy atom. The number of aromatic nitrogens is 1. The highest BCUT2D eigenvalue weighted by Crippen LogP contribution is 2.43. The number of fused-ring (bicyclic) bond motifs is 1. The van der Waals surface area contributed by atoms with Gasteiger partial charge in [-0.15, -0.1) is 0 Å². The minimum Gasteiger partial charge on any atom is -0.543 e. The Bertz CT molecular complexity index is 726. The van der Waals surface area contributed by atoms with Gasteiger partial charge in [0.1, 0.15) is 11.6 Å². The zero-order chi connectivity index (χ0) is 19.7. The van der Waals surface area contributed by atoms with Crippen LogP contribution in [0.5, 0.6) is 5.75 Å². The van der Waals surface area contributed by atoms with Crippen molar-refractivity contribution < 1.29 is 4.43 Å². The summed E-state index contributed by atoms with van der Waals surface area (Å²) in [6.07, 6.45) is 0. The summed E-state index contributed by atoms with van der Waals surface area (Å²) >= 11 is 0. The van der Waals surface area contributed by atoms with Gasteiger partial charge in [0.05, 0.1) is 5.52 Å². The summed E-state index contributed by atoms with van der Waals surface area (Å²) in [6, 6.07) is 10.5. The third kappa shape index (κ3) is 4.40. The number of pyridine rings is 1. The standard InChI is InChI=1S/C22H36N2OSi/c1-15(2)26(16(3)4,17(5)6)25-19-12-10-18-11-13-21(23-20(18)14-19)24-22(7,8)9/h10-17H,1-9H3,(H,23,24). The van der Waals surface area contributed by atoms with Gasteiger partial charge in [-0.2, -0.15) is 0 Å². The van der Waals surface area contributed by atoms with Gasteiger partial charge in [0.15, 0.2) is 0 Å². The van der Waals surface area contributed by atoms with Gasteiger partial charge < -0.3 is 9.74 Å². The van der Waals surface area contributed by atoms with Gasteiger partial charge in [-0.1, -0.05) is 41.5 Å². The molecule has 1 aromatic carbocycles. The molecule has 0 amide bonds. The topological polar surface area (TPSA) is 34.1 Å². The fourth-order valence-corrected chi connectivity index (χ4v) is 9.41. The van der Waals surface area contributed by atoms with Crippen LogP contribution in [0.2, 0.25) is 16.6 Å². The fourth-order valence-electron chi connectivity index (χ4n) is 4.17. The van der Waals surface area contributed by atoms with Crippen molar-refractivity contribution in [1.82, 2.24) is 4.98 Å². The summed E-state index contributed by atoms with van der Waals surface area (Å²) in [5.74, 6) is 1.86. The van der Waals surface area contributed by atoms with E-state index in [-0.39, 0.29) is 5.54 Å². The highest BCUT2D eigenvalue weighted by atomic mass is 28.4. The van der Waals surface area contributed by atoms with Crippen molar-refractivity contribution in [2.45, 2.75) is 84.5 Å². The molecular formula is C22H36N2OSi. The highest BCUT2D eigenvalue weighted by Gasteiger charge is 2.47. The van der Waals surface area contributed by atoms with Gasteiger partial charge >= 0.3 is 0 Å². The van der Waals surface area contributed by atoms with E-state index < -0.39 is 8.32 Å². The first kappa shape index (κ1) is 20.8. The molecule has 2 aromatic rings. The quantitative estimate of drug-likeness (QED) is 0.554. The number of hydrogen-bond donors (Lipinski definition) is 1. The summed E-state index contributed by atoms with van der Waals surface area (Å²) < 4.78 is 6.81. The number of nitrogens with one attached hydrogen (secondary N) is 1. The summed E-state index contributed by atoms with van der Waals surface area (Å²) in [4.78, 5) is 4.81. The van der Waals surface area contributed by atoms with Crippen molar-refractivity contribution in [3.05, 3.63) is 30.3 Å². The maximum Gasteiger partial charge on any atom is 0.258 e. The third-order valence-electron chi connectivity index (χ3n) is 5.17. The van der Waals surface area contributed by atoms with Gasteiger partial charge in [-0.3, -0.25) is 0 Å². The molecule has 1 N–H and O–H groups in total. The largest absolute Gasteiger partial charge is 0.543 e. The Morgan fingerprint density at radius 1 is 0.885 bits per heavy atom. The summed E-state index contributed by atoms with van der Waals surface area (Å²) in [5, 5.41) is 4.59. The van der Waals surface area contributed by atoms with Crippen LogP contribution in [0.1, 0.15) is 62.3 Å². The van der Waals surface area contributed by atoms with E-state index >= 15 is 0 Å². The molecule has 0 aliphatic rings. The van der Waals surface area contributed by atoms with E-state index in [9.17, 15) is 0 Å². The monoisotopic (exact) mass is 372 g/mol. The van der Waals surface area contributed by atoms with Crippen LogP contribution in [-0.4, -0.2) is 18.8 Å². The Morgan fingerprint density at radius 3 is 1.92 bits per heavy atom. The van der Waals surface area contributed by atoms with Gasteiger partial charge in [-0.25, -0.2) is 4.98 Å². The van der Waals surface area contributed by atoms with Crippen LogP contribution in [0.15, 0.2) is 30.3 Å². The second kappa shape index (κ2) is 7.59. The van der Waals surface area contributed by atoms with Crippen molar-refractivity contribution in [3.63, 3.8) is 0 Å². The van der Waals surface area contributed by atoms with Crippen LogP contribution >= 0.6 is 0 Å². The van der Waals surface area contributed by atoms with E-state index in [1.54, 1.807) is 0 Å². The molecule has 4 heteroatoms. The van der Waals surface area contributed by atoms with Gasteiger partial charge in [0.25, 0.3) is 8.32 Å².